The van der Waals surface area contributed by atoms with Gasteiger partial charge in [-0.15, -0.1) is 0 Å². The monoisotopic (exact) mass is 243 g/mol. The van der Waals surface area contributed by atoms with E-state index in [9.17, 15) is 14.4 Å². The van der Waals surface area contributed by atoms with Crippen LogP contribution in [0.2, 0.25) is 0 Å². The number of likely N-dealkylation sites (N-methyl/N-ethyl adjacent to an activating group) is 1. The van der Waals surface area contributed by atoms with Gasteiger partial charge in [-0.1, -0.05) is 0 Å². The van der Waals surface area contributed by atoms with Crippen molar-refractivity contribution in [2.24, 2.45) is 11.7 Å². The van der Waals surface area contributed by atoms with Gasteiger partial charge in [0.25, 0.3) is 0 Å². The summed E-state index contributed by atoms with van der Waals surface area (Å²) in [7, 11) is 0. The first-order valence-corrected chi connectivity index (χ1v) is 5.50. The van der Waals surface area contributed by atoms with E-state index in [-0.39, 0.29) is 25.0 Å². The first-order valence-electron chi connectivity index (χ1n) is 5.50. The van der Waals surface area contributed by atoms with Crippen LogP contribution in [0.3, 0.4) is 0 Å². The lowest BCUT2D eigenvalue weighted by Gasteiger charge is -2.25. The van der Waals surface area contributed by atoms with E-state index in [0.717, 1.165) is 0 Å². The summed E-state index contributed by atoms with van der Waals surface area (Å²) in [6.45, 7) is 2.44. The summed E-state index contributed by atoms with van der Waals surface area (Å²) >= 11 is 0. The number of carbonyl (C=O) groups excluding carboxylic acids is 2. The normalized spacial score (nSPS) is 19.1. The number of hydrogen-bond donors (Lipinski definition) is 2. The van der Waals surface area contributed by atoms with E-state index in [0.29, 0.717) is 19.5 Å². The highest BCUT2D eigenvalue weighted by atomic mass is 16.4. The molecule has 3 N–H and O–H groups in total. The Morgan fingerprint density at radius 3 is 2.53 bits per heavy atom. The summed E-state index contributed by atoms with van der Waals surface area (Å²) in [5, 5.41) is 8.66. The highest BCUT2D eigenvalue weighted by molar-refractivity contribution is 5.82. The predicted octanol–water partition coefficient (Wildman–Crippen LogP) is -0.680. The number of likely N-dealkylation sites (tertiary alicyclic amines) is 1. The fourth-order valence-corrected chi connectivity index (χ4v) is 1.84. The summed E-state index contributed by atoms with van der Waals surface area (Å²) in [4.78, 5) is 36.2. The minimum atomic E-state index is -1.05. The van der Waals surface area contributed by atoms with Crippen LogP contribution < -0.4 is 5.73 Å². The van der Waals surface area contributed by atoms with E-state index in [2.05, 4.69) is 0 Å². The van der Waals surface area contributed by atoms with Crippen LogP contribution in [0.25, 0.3) is 0 Å². The Balaban J connectivity index is 2.58. The fraction of sp³-hybridized carbons (Fsp3) is 0.700. The molecule has 0 aromatic heterocycles. The van der Waals surface area contributed by atoms with Crippen LogP contribution in [-0.4, -0.2) is 59.0 Å². The summed E-state index contributed by atoms with van der Waals surface area (Å²) < 4.78 is 0. The van der Waals surface area contributed by atoms with Crippen LogP contribution in [0.1, 0.15) is 13.3 Å². The number of urea groups is 1. The molecule has 1 atom stereocenters. The third-order valence-corrected chi connectivity index (χ3v) is 2.84. The van der Waals surface area contributed by atoms with E-state index in [1.165, 1.54) is 9.80 Å². The maximum atomic E-state index is 11.9. The van der Waals surface area contributed by atoms with Crippen molar-refractivity contribution in [3.8, 4) is 0 Å². The van der Waals surface area contributed by atoms with E-state index < -0.39 is 11.9 Å². The Morgan fingerprint density at radius 2 is 2.12 bits per heavy atom. The molecule has 96 valence electrons. The van der Waals surface area contributed by atoms with Crippen LogP contribution >= 0.6 is 0 Å². The van der Waals surface area contributed by atoms with Gasteiger partial charge in [-0.3, -0.25) is 9.59 Å². The molecular weight excluding hydrogens is 226 g/mol. The molecule has 7 heteroatoms. The average molecular weight is 243 g/mol. The summed E-state index contributed by atoms with van der Waals surface area (Å²) in [5.74, 6) is -1.78. The Kier molecular flexibility index (Phi) is 4.30. The Labute approximate surface area is 99.2 Å². The molecule has 1 aliphatic rings. The highest BCUT2D eigenvalue weighted by Crippen LogP contribution is 2.17. The van der Waals surface area contributed by atoms with Gasteiger partial charge in [0, 0.05) is 19.6 Å². The molecule has 7 nitrogen and oxygen atoms in total. The molecule has 17 heavy (non-hydrogen) atoms. The molecule has 0 aliphatic carbocycles. The molecule has 0 bridgehead atoms. The molecular formula is C10H17N3O4. The van der Waals surface area contributed by atoms with Gasteiger partial charge in [0.15, 0.2) is 0 Å². The quantitative estimate of drug-likeness (QED) is 0.682. The van der Waals surface area contributed by atoms with Crippen molar-refractivity contribution in [3.05, 3.63) is 0 Å². The van der Waals surface area contributed by atoms with E-state index in [4.69, 9.17) is 10.8 Å². The molecule has 1 unspecified atom stereocenters. The molecule has 0 aromatic rings. The topological polar surface area (TPSA) is 104 Å². The summed E-state index contributed by atoms with van der Waals surface area (Å²) in [6.07, 6.45) is 0.547. The van der Waals surface area contributed by atoms with Gasteiger partial charge >= 0.3 is 12.0 Å². The van der Waals surface area contributed by atoms with Gasteiger partial charge in [-0.25, -0.2) is 4.79 Å². The van der Waals surface area contributed by atoms with Gasteiger partial charge in [0.1, 0.15) is 6.54 Å². The van der Waals surface area contributed by atoms with Crippen LogP contribution in [-0.2, 0) is 9.59 Å². The number of rotatable bonds is 4. The van der Waals surface area contributed by atoms with Crippen LogP contribution in [0.4, 0.5) is 4.79 Å². The largest absolute Gasteiger partial charge is 0.480 e. The maximum Gasteiger partial charge on any atom is 0.323 e. The number of nitrogens with zero attached hydrogens (tertiary/aromatic N) is 2. The molecule has 0 aromatic carbocycles. The number of nitrogens with two attached hydrogens (primary N) is 1. The lowest BCUT2D eigenvalue weighted by atomic mass is 10.1. The number of carboxylic acid groups (broad SMARTS) is 1. The van der Waals surface area contributed by atoms with E-state index in [1.807, 2.05) is 0 Å². The second-order valence-corrected chi connectivity index (χ2v) is 4.02. The standard InChI is InChI=1S/C10H17N3O4/c1-2-12(6-8(14)15)10(17)13-4-3-7(5-13)9(11)16/h7H,2-6H2,1H3,(H2,11,16)(H,14,15). The predicted molar refractivity (Wildman–Crippen MR) is 59.2 cm³/mol. The van der Waals surface area contributed by atoms with Crippen molar-refractivity contribution in [3.63, 3.8) is 0 Å². The first kappa shape index (κ1) is 13.3. The summed E-state index contributed by atoms with van der Waals surface area (Å²) in [5.41, 5.74) is 5.16. The number of aliphatic carboxylic acids is 1. The first-order chi connectivity index (χ1) is 7.95. The zero-order valence-corrected chi connectivity index (χ0v) is 9.76. The van der Waals surface area contributed by atoms with Crippen molar-refractivity contribution < 1.29 is 19.5 Å². The summed E-state index contributed by atoms with van der Waals surface area (Å²) in [6, 6.07) is -0.348. The number of amides is 3. The van der Waals surface area contributed by atoms with Gasteiger partial charge in [0.2, 0.25) is 5.91 Å². The van der Waals surface area contributed by atoms with E-state index >= 15 is 0 Å². The molecule has 0 radical (unpaired) electrons. The van der Waals surface area contributed by atoms with Crippen molar-refractivity contribution in [2.75, 3.05) is 26.2 Å². The van der Waals surface area contributed by atoms with Gasteiger partial charge in [-0.2, -0.15) is 0 Å². The Hall–Kier alpha value is -1.79. The molecule has 3 amide bonds. The van der Waals surface area contributed by atoms with Crippen molar-refractivity contribution in [1.29, 1.82) is 0 Å². The SMILES string of the molecule is CCN(CC(=O)O)C(=O)N1CCC(C(N)=O)C1. The van der Waals surface area contributed by atoms with Crippen molar-refractivity contribution in [1.82, 2.24) is 9.80 Å². The number of carbonyl (C=O) groups is 3. The maximum absolute atomic E-state index is 11.9. The molecule has 0 saturated carbocycles. The molecule has 1 saturated heterocycles. The number of hydrogen-bond acceptors (Lipinski definition) is 3. The van der Waals surface area contributed by atoms with Crippen molar-refractivity contribution >= 4 is 17.9 Å². The van der Waals surface area contributed by atoms with Gasteiger partial charge < -0.3 is 20.6 Å². The van der Waals surface area contributed by atoms with Crippen LogP contribution in [0, 0.1) is 5.92 Å². The lowest BCUT2D eigenvalue weighted by Crippen LogP contribution is -2.44. The number of primary amides is 1. The molecule has 0 spiro atoms. The minimum absolute atomic E-state index is 0.282. The molecule has 1 aliphatic heterocycles. The van der Waals surface area contributed by atoms with Gasteiger partial charge in [-0.05, 0) is 13.3 Å². The minimum Gasteiger partial charge on any atom is -0.480 e. The van der Waals surface area contributed by atoms with Gasteiger partial charge in [0.05, 0.1) is 5.92 Å². The Bertz CT molecular complexity index is 332. The third-order valence-electron chi connectivity index (χ3n) is 2.84. The van der Waals surface area contributed by atoms with E-state index in [1.54, 1.807) is 6.92 Å². The average Bonchev–Trinajstić information content (AvgIpc) is 2.73. The zero-order chi connectivity index (χ0) is 13.0. The second kappa shape index (κ2) is 5.51. The number of carboxylic acids is 1. The fourth-order valence-electron chi connectivity index (χ4n) is 1.84. The smallest absolute Gasteiger partial charge is 0.323 e. The molecule has 1 rings (SSSR count). The second-order valence-electron chi connectivity index (χ2n) is 4.02. The zero-order valence-electron chi connectivity index (χ0n) is 9.76. The van der Waals surface area contributed by atoms with Crippen molar-refractivity contribution in [2.45, 2.75) is 13.3 Å². The highest BCUT2D eigenvalue weighted by Gasteiger charge is 2.32. The van der Waals surface area contributed by atoms with Crippen LogP contribution in [0.15, 0.2) is 0 Å². The van der Waals surface area contributed by atoms with Crippen LogP contribution in [0.5, 0.6) is 0 Å². The molecule has 1 fully saturated rings. The lowest BCUT2D eigenvalue weighted by molar-refractivity contribution is -0.137. The third kappa shape index (κ3) is 3.33. The molecule has 1 heterocycles. The Morgan fingerprint density at radius 1 is 1.47 bits per heavy atom.